The molecule has 0 amide bonds. The molecule has 0 aromatic heterocycles. The van der Waals surface area contributed by atoms with E-state index < -0.39 is 0 Å². The van der Waals surface area contributed by atoms with Crippen molar-refractivity contribution in [3.63, 3.8) is 0 Å². The van der Waals surface area contributed by atoms with Gasteiger partial charge in [0.05, 0.1) is 6.61 Å². The van der Waals surface area contributed by atoms with Crippen molar-refractivity contribution in [3.8, 4) is 5.75 Å². The molecule has 1 saturated heterocycles. The Morgan fingerprint density at radius 3 is 2.15 bits per heavy atom. The highest BCUT2D eigenvalue weighted by atomic mass is 16.6. The Morgan fingerprint density at radius 1 is 0.923 bits per heavy atom. The van der Waals surface area contributed by atoms with Gasteiger partial charge >= 0.3 is 0 Å². The van der Waals surface area contributed by atoms with Crippen LogP contribution in [0, 0.1) is 0 Å². The van der Waals surface area contributed by atoms with E-state index in [2.05, 4.69) is 24.8 Å². The Morgan fingerprint density at radius 2 is 1.54 bits per heavy atom. The summed E-state index contributed by atoms with van der Waals surface area (Å²) in [5, 5.41) is 0. The van der Waals surface area contributed by atoms with Crippen LogP contribution in [0.25, 0.3) is 0 Å². The molecule has 0 radical (unpaired) electrons. The number of hydrogen-bond donors (Lipinski definition) is 0. The SMILES string of the molecule is C=CCCCCCCCCCCCCCc1cccc(OCC2CO2)c1. The summed E-state index contributed by atoms with van der Waals surface area (Å²) in [4.78, 5) is 0. The molecule has 1 aliphatic heterocycles. The van der Waals surface area contributed by atoms with Crippen molar-refractivity contribution in [1.82, 2.24) is 0 Å². The smallest absolute Gasteiger partial charge is 0.119 e. The number of ether oxygens (including phenoxy) is 2. The third kappa shape index (κ3) is 10.7. The largest absolute Gasteiger partial charge is 0.491 e. The first-order chi connectivity index (χ1) is 12.9. The van der Waals surface area contributed by atoms with E-state index in [1.165, 1.54) is 89.0 Å². The average Bonchev–Trinajstić information content (AvgIpc) is 3.49. The molecular weight excluding hydrogens is 320 g/mol. The topological polar surface area (TPSA) is 21.8 Å². The summed E-state index contributed by atoms with van der Waals surface area (Å²) in [5.74, 6) is 0.988. The molecule has 1 aromatic carbocycles. The summed E-state index contributed by atoms with van der Waals surface area (Å²) in [6.45, 7) is 5.33. The van der Waals surface area contributed by atoms with E-state index in [1.807, 2.05) is 12.1 Å². The standard InChI is InChI=1S/C24H38O2/c1-2-3-4-5-6-7-8-9-10-11-12-13-14-16-22-17-15-18-23(19-22)25-20-24-21-26-24/h2,15,17-19,24H,1,3-14,16,20-21H2. The highest BCUT2D eigenvalue weighted by Crippen LogP contribution is 2.18. The van der Waals surface area contributed by atoms with Gasteiger partial charge in [-0.1, -0.05) is 76.0 Å². The van der Waals surface area contributed by atoms with Gasteiger partial charge in [-0.2, -0.15) is 0 Å². The molecule has 2 nitrogen and oxygen atoms in total. The fourth-order valence-corrected chi connectivity index (χ4v) is 3.35. The Bertz CT molecular complexity index is 479. The minimum Gasteiger partial charge on any atom is -0.491 e. The predicted molar refractivity (Wildman–Crippen MR) is 111 cm³/mol. The van der Waals surface area contributed by atoms with Crippen molar-refractivity contribution < 1.29 is 9.47 Å². The summed E-state index contributed by atoms with van der Waals surface area (Å²) in [7, 11) is 0. The third-order valence-corrected chi connectivity index (χ3v) is 5.11. The van der Waals surface area contributed by atoms with Gasteiger partial charge < -0.3 is 9.47 Å². The molecule has 1 fully saturated rings. The summed E-state index contributed by atoms with van der Waals surface area (Å²) in [6.07, 6.45) is 19.9. The molecule has 26 heavy (non-hydrogen) atoms. The van der Waals surface area contributed by atoms with Gasteiger partial charge in [0.25, 0.3) is 0 Å². The first-order valence-corrected chi connectivity index (χ1v) is 10.8. The second kappa shape index (κ2) is 13.9. The first-order valence-electron chi connectivity index (χ1n) is 10.8. The Labute approximate surface area is 161 Å². The number of benzene rings is 1. The highest BCUT2D eigenvalue weighted by molar-refractivity contribution is 5.28. The van der Waals surface area contributed by atoms with Crippen molar-refractivity contribution in [2.24, 2.45) is 0 Å². The second-order valence-corrected chi connectivity index (χ2v) is 7.63. The number of hydrogen-bond acceptors (Lipinski definition) is 2. The second-order valence-electron chi connectivity index (χ2n) is 7.63. The lowest BCUT2D eigenvalue weighted by Gasteiger charge is -2.07. The van der Waals surface area contributed by atoms with E-state index in [0.717, 1.165) is 12.4 Å². The lowest BCUT2D eigenvalue weighted by molar-refractivity contribution is 0.263. The van der Waals surface area contributed by atoms with Crippen LogP contribution >= 0.6 is 0 Å². The van der Waals surface area contributed by atoms with Crippen LogP contribution in [-0.2, 0) is 11.2 Å². The van der Waals surface area contributed by atoms with E-state index in [9.17, 15) is 0 Å². The van der Waals surface area contributed by atoms with Crippen LogP contribution in [0.4, 0.5) is 0 Å². The Kier molecular flexibility index (Phi) is 11.2. The van der Waals surface area contributed by atoms with Crippen LogP contribution in [0.3, 0.4) is 0 Å². The minimum atomic E-state index is 0.330. The van der Waals surface area contributed by atoms with Crippen LogP contribution < -0.4 is 4.74 Å². The van der Waals surface area contributed by atoms with Gasteiger partial charge in [0, 0.05) is 0 Å². The van der Waals surface area contributed by atoms with Gasteiger partial charge in [0.1, 0.15) is 18.5 Å². The molecule has 1 heterocycles. The van der Waals surface area contributed by atoms with Crippen LogP contribution in [0.2, 0.25) is 0 Å². The quantitative estimate of drug-likeness (QED) is 0.172. The van der Waals surface area contributed by atoms with Crippen molar-refractivity contribution >= 4 is 0 Å². The third-order valence-electron chi connectivity index (χ3n) is 5.11. The maximum atomic E-state index is 5.76. The maximum absolute atomic E-state index is 5.76. The van der Waals surface area contributed by atoms with Crippen molar-refractivity contribution in [2.45, 2.75) is 89.6 Å². The van der Waals surface area contributed by atoms with Gasteiger partial charge in [0.2, 0.25) is 0 Å². The van der Waals surface area contributed by atoms with Crippen molar-refractivity contribution in [3.05, 3.63) is 42.5 Å². The lowest BCUT2D eigenvalue weighted by atomic mass is 10.0. The van der Waals surface area contributed by atoms with E-state index in [0.29, 0.717) is 12.7 Å². The molecule has 1 aliphatic rings. The van der Waals surface area contributed by atoms with Gasteiger partial charge in [0.15, 0.2) is 0 Å². The van der Waals surface area contributed by atoms with Crippen molar-refractivity contribution in [2.75, 3.05) is 13.2 Å². The lowest BCUT2D eigenvalue weighted by Crippen LogP contribution is -2.04. The molecular formula is C24H38O2. The molecule has 1 unspecified atom stereocenters. The molecule has 146 valence electrons. The summed E-state index contributed by atoms with van der Waals surface area (Å²) in [5.41, 5.74) is 1.40. The van der Waals surface area contributed by atoms with Crippen LogP contribution in [0.5, 0.6) is 5.75 Å². The van der Waals surface area contributed by atoms with Crippen LogP contribution in [0.15, 0.2) is 36.9 Å². The zero-order valence-corrected chi connectivity index (χ0v) is 16.6. The summed E-state index contributed by atoms with van der Waals surface area (Å²) < 4.78 is 10.9. The fraction of sp³-hybridized carbons (Fsp3) is 0.667. The molecule has 0 saturated carbocycles. The zero-order chi connectivity index (χ0) is 18.3. The molecule has 2 rings (SSSR count). The maximum Gasteiger partial charge on any atom is 0.119 e. The zero-order valence-electron chi connectivity index (χ0n) is 16.6. The number of aryl methyl sites for hydroxylation is 1. The molecule has 0 spiro atoms. The number of rotatable bonds is 17. The molecule has 1 aromatic rings. The van der Waals surface area contributed by atoms with Gasteiger partial charge in [-0.3, -0.25) is 0 Å². The molecule has 0 N–H and O–H groups in total. The molecule has 0 bridgehead atoms. The molecule has 0 aliphatic carbocycles. The predicted octanol–water partition coefficient (Wildman–Crippen LogP) is 6.87. The number of allylic oxidation sites excluding steroid dienone is 1. The van der Waals surface area contributed by atoms with E-state index in [1.54, 1.807) is 0 Å². The van der Waals surface area contributed by atoms with E-state index in [-0.39, 0.29) is 0 Å². The van der Waals surface area contributed by atoms with Gasteiger partial charge in [-0.15, -0.1) is 6.58 Å². The average molecular weight is 359 g/mol. The fourth-order valence-electron chi connectivity index (χ4n) is 3.35. The highest BCUT2D eigenvalue weighted by Gasteiger charge is 2.22. The van der Waals surface area contributed by atoms with Crippen LogP contribution in [0.1, 0.15) is 82.6 Å². The Hall–Kier alpha value is -1.28. The van der Waals surface area contributed by atoms with Crippen LogP contribution in [-0.4, -0.2) is 19.3 Å². The molecule has 1 atom stereocenters. The van der Waals surface area contributed by atoms with E-state index >= 15 is 0 Å². The first kappa shape index (κ1) is 21.0. The minimum absolute atomic E-state index is 0.330. The van der Waals surface area contributed by atoms with Crippen molar-refractivity contribution in [1.29, 1.82) is 0 Å². The number of unbranched alkanes of at least 4 members (excludes halogenated alkanes) is 11. The molecule has 2 heteroatoms. The van der Waals surface area contributed by atoms with Gasteiger partial charge in [-0.25, -0.2) is 0 Å². The normalized spacial score (nSPS) is 15.8. The summed E-state index contributed by atoms with van der Waals surface area (Å²) >= 11 is 0. The number of epoxide rings is 1. The Balaban J connectivity index is 1.38. The monoisotopic (exact) mass is 358 g/mol. The summed E-state index contributed by atoms with van der Waals surface area (Å²) in [6, 6.07) is 8.56. The van der Waals surface area contributed by atoms with Gasteiger partial charge in [-0.05, 0) is 43.4 Å². The van der Waals surface area contributed by atoms with E-state index in [4.69, 9.17) is 9.47 Å².